The van der Waals surface area contributed by atoms with E-state index in [4.69, 9.17) is 9.47 Å². The van der Waals surface area contributed by atoms with Gasteiger partial charge in [0.25, 0.3) is 11.8 Å². The number of fused-ring (bicyclic) bond motifs is 2. The molecule has 0 bridgehead atoms. The monoisotopic (exact) mass is 674 g/mol. The number of halogens is 1. The number of amides is 2. The fourth-order valence-electron chi connectivity index (χ4n) is 5.91. The number of pyridine rings is 1. The molecule has 4 heterocycles. The van der Waals surface area contributed by atoms with E-state index >= 15 is 4.39 Å². The van der Waals surface area contributed by atoms with Crippen LogP contribution in [0.1, 0.15) is 30.1 Å². The summed E-state index contributed by atoms with van der Waals surface area (Å²) in [5.41, 5.74) is -0.301. The predicted molar refractivity (Wildman–Crippen MR) is 174 cm³/mol. The van der Waals surface area contributed by atoms with Gasteiger partial charge in [-0.1, -0.05) is 18.2 Å². The number of hydrogen-bond acceptors (Lipinski definition) is 9. The number of carbonyl (C=O) groups is 4. The second-order valence-corrected chi connectivity index (χ2v) is 12.2. The zero-order valence-electron chi connectivity index (χ0n) is 24.9. The van der Waals surface area contributed by atoms with Crippen molar-refractivity contribution < 1.29 is 38.1 Å². The van der Waals surface area contributed by atoms with Crippen LogP contribution in [0.2, 0.25) is 0 Å². The zero-order chi connectivity index (χ0) is 32.5. The van der Waals surface area contributed by atoms with E-state index in [1.165, 1.54) is 18.0 Å². The third-order valence-electron chi connectivity index (χ3n) is 8.21. The molecule has 2 aromatic carbocycles. The SMILES string of the molecule is CCn1cc(C(=O)OCC2=C(C(=O)O)N3C(=O)C(NC(=O)COc4ccccc4)[C@H]3SC2)c(=O)c2cc(F)c(N3CCCC3)cc21.[NaH]. The summed E-state index contributed by atoms with van der Waals surface area (Å²) >= 11 is 1.21. The van der Waals surface area contributed by atoms with Gasteiger partial charge >= 0.3 is 41.5 Å². The van der Waals surface area contributed by atoms with Crippen molar-refractivity contribution in [3.8, 4) is 5.75 Å². The number of anilines is 1. The first-order chi connectivity index (χ1) is 22.2. The predicted octanol–water partition coefficient (Wildman–Crippen LogP) is 2.09. The Balaban J connectivity index is 0.00000433. The van der Waals surface area contributed by atoms with Gasteiger partial charge in [0.1, 0.15) is 40.8 Å². The van der Waals surface area contributed by atoms with E-state index in [0.717, 1.165) is 36.9 Å². The summed E-state index contributed by atoms with van der Waals surface area (Å²) in [4.78, 5) is 67.1. The fraction of sp³-hybridized carbons (Fsp3) is 0.344. The van der Waals surface area contributed by atoms with Crippen LogP contribution < -0.4 is 20.4 Å². The molecular weight excluding hydrogens is 642 g/mol. The van der Waals surface area contributed by atoms with Gasteiger partial charge in [-0.3, -0.25) is 19.3 Å². The Kier molecular flexibility index (Phi) is 10.6. The van der Waals surface area contributed by atoms with Crippen molar-refractivity contribution >= 4 is 81.7 Å². The number of nitrogens with one attached hydrogen (secondary N) is 1. The molecule has 2 amide bonds. The number of aliphatic carboxylic acids is 1. The first-order valence-electron chi connectivity index (χ1n) is 14.8. The summed E-state index contributed by atoms with van der Waals surface area (Å²) in [7, 11) is 0. The molecule has 15 heteroatoms. The van der Waals surface area contributed by atoms with Crippen LogP contribution >= 0.6 is 11.8 Å². The molecule has 3 aromatic rings. The van der Waals surface area contributed by atoms with Gasteiger partial charge in [-0.15, -0.1) is 11.8 Å². The number of rotatable bonds is 10. The number of aryl methyl sites for hydroxylation is 1. The fourth-order valence-corrected chi connectivity index (χ4v) is 7.24. The van der Waals surface area contributed by atoms with E-state index in [2.05, 4.69) is 5.32 Å². The van der Waals surface area contributed by atoms with Crippen LogP contribution in [0.5, 0.6) is 5.75 Å². The van der Waals surface area contributed by atoms with Crippen molar-refractivity contribution in [1.29, 1.82) is 0 Å². The first kappa shape index (κ1) is 34.5. The number of carboxylic acids is 1. The van der Waals surface area contributed by atoms with Gasteiger partial charge in [-0.25, -0.2) is 14.0 Å². The molecule has 0 radical (unpaired) electrons. The molecule has 3 aliphatic heterocycles. The van der Waals surface area contributed by atoms with Gasteiger partial charge in [0, 0.05) is 42.5 Å². The van der Waals surface area contributed by atoms with Gasteiger partial charge < -0.3 is 29.4 Å². The van der Waals surface area contributed by atoms with Crippen molar-refractivity contribution in [2.24, 2.45) is 0 Å². The van der Waals surface area contributed by atoms with Crippen LogP contribution in [0.15, 0.2) is 64.7 Å². The van der Waals surface area contributed by atoms with Gasteiger partial charge in [-0.2, -0.15) is 0 Å². The molecule has 2 N–H and O–H groups in total. The summed E-state index contributed by atoms with van der Waals surface area (Å²) in [5.74, 6) is -3.53. The summed E-state index contributed by atoms with van der Waals surface area (Å²) in [5, 5.41) is 11.9. The van der Waals surface area contributed by atoms with Crippen LogP contribution in [0.3, 0.4) is 0 Å². The van der Waals surface area contributed by atoms with Crippen molar-refractivity contribution in [2.75, 3.05) is 37.0 Å². The van der Waals surface area contributed by atoms with Crippen molar-refractivity contribution in [1.82, 2.24) is 14.8 Å². The Hall–Kier alpha value is -3.85. The number of thioether (sulfide) groups is 1. The number of β-lactam (4-membered cyclic amide) rings is 1. The summed E-state index contributed by atoms with van der Waals surface area (Å²) < 4.78 is 27.6. The second kappa shape index (κ2) is 14.5. The minimum atomic E-state index is -1.40. The Bertz CT molecular complexity index is 1830. The van der Waals surface area contributed by atoms with E-state index in [1.54, 1.807) is 41.0 Å². The van der Waals surface area contributed by atoms with Crippen LogP contribution in [0.4, 0.5) is 10.1 Å². The maximum atomic E-state index is 15.1. The molecule has 2 fully saturated rings. The van der Waals surface area contributed by atoms with Crippen LogP contribution in [-0.4, -0.2) is 111 Å². The first-order valence-corrected chi connectivity index (χ1v) is 15.9. The van der Waals surface area contributed by atoms with Crippen LogP contribution in [0, 0.1) is 5.82 Å². The molecule has 1 unspecified atom stereocenters. The van der Waals surface area contributed by atoms with Crippen molar-refractivity contribution in [3.63, 3.8) is 0 Å². The van der Waals surface area contributed by atoms with Gasteiger partial charge in [0.15, 0.2) is 6.61 Å². The Morgan fingerprint density at radius 1 is 1.11 bits per heavy atom. The maximum absolute atomic E-state index is 15.1. The molecule has 0 spiro atoms. The van der Waals surface area contributed by atoms with Crippen molar-refractivity contribution in [3.05, 3.63) is 81.5 Å². The molecule has 0 saturated carbocycles. The van der Waals surface area contributed by atoms with Crippen molar-refractivity contribution in [2.45, 2.75) is 37.7 Å². The van der Waals surface area contributed by atoms with E-state index < -0.39 is 53.0 Å². The quantitative estimate of drug-likeness (QED) is 0.186. The topological polar surface area (TPSA) is 147 Å². The zero-order valence-corrected chi connectivity index (χ0v) is 25.7. The number of aromatic nitrogens is 1. The van der Waals surface area contributed by atoms with Crippen LogP contribution in [0.25, 0.3) is 10.9 Å². The van der Waals surface area contributed by atoms with Gasteiger partial charge in [-0.05, 0) is 44.0 Å². The van der Waals surface area contributed by atoms with E-state index in [1.807, 2.05) is 11.8 Å². The minimum absolute atomic E-state index is 0. The summed E-state index contributed by atoms with van der Waals surface area (Å²) in [6.07, 6.45) is 3.27. The molecule has 0 aliphatic carbocycles. The number of carboxylic acid groups (broad SMARTS) is 1. The number of esters is 1. The number of carbonyl (C=O) groups excluding carboxylic acids is 3. The van der Waals surface area contributed by atoms with E-state index in [9.17, 15) is 29.1 Å². The molecule has 47 heavy (non-hydrogen) atoms. The molecule has 6 rings (SSSR count). The average Bonchev–Trinajstić information content (AvgIpc) is 3.60. The third-order valence-corrected chi connectivity index (χ3v) is 9.55. The summed E-state index contributed by atoms with van der Waals surface area (Å²) in [6, 6.07) is 10.5. The number of hydrogen-bond donors (Lipinski definition) is 2. The van der Waals surface area contributed by atoms with E-state index in [-0.39, 0.29) is 64.1 Å². The Labute approximate surface area is 295 Å². The van der Waals surface area contributed by atoms with E-state index in [0.29, 0.717) is 23.5 Å². The number of para-hydroxylation sites is 1. The van der Waals surface area contributed by atoms with Gasteiger partial charge in [0.05, 0.1) is 11.2 Å². The molecule has 12 nitrogen and oxygen atoms in total. The molecule has 2 saturated heterocycles. The Morgan fingerprint density at radius 2 is 1.83 bits per heavy atom. The van der Waals surface area contributed by atoms with Crippen LogP contribution in [-0.2, 0) is 25.7 Å². The number of benzene rings is 2. The normalized spacial score (nSPS) is 18.7. The van der Waals surface area contributed by atoms with Gasteiger partial charge in [0.2, 0.25) is 5.43 Å². The molecule has 242 valence electrons. The molecule has 1 aromatic heterocycles. The Morgan fingerprint density at radius 3 is 2.51 bits per heavy atom. The standard InChI is InChI=1S/C32H31FN4O8S.Na.H/c1-2-35-14-21(28(39)20-12-22(33)24(13-23(20)35)36-10-6-7-11-36)32(43)45-15-18-17-46-30-26(29(40)37(30)27(18)31(41)42)34-25(38)16-44-19-8-4-3-5-9-19;;/h3-5,8-9,12-14,26,30H,2,6-7,10-11,15-17H2,1H3,(H,34,38)(H,41,42);;/t26?,30-;;/m1../s1. The summed E-state index contributed by atoms with van der Waals surface area (Å²) in [6.45, 7) is 2.85. The average molecular weight is 675 g/mol. The molecule has 2 atom stereocenters. The second-order valence-electron chi connectivity index (χ2n) is 11.1. The number of ether oxygens (including phenoxy) is 2. The number of nitrogens with zero attached hydrogens (tertiary/aromatic N) is 3. The molecular formula is C32H32FN4NaO8S. The third kappa shape index (κ3) is 6.77. The molecule has 3 aliphatic rings.